The lowest BCUT2D eigenvalue weighted by molar-refractivity contribution is -0.109. The number of fused-ring (bicyclic) bond motifs is 1. The number of H-pyrrole nitrogens is 1. The van der Waals surface area contributed by atoms with Crippen LogP contribution in [0.5, 0.6) is 0 Å². The molecule has 7 nitrogen and oxygen atoms in total. The third kappa shape index (κ3) is 3.99. The van der Waals surface area contributed by atoms with Gasteiger partial charge in [0, 0.05) is 24.0 Å². The van der Waals surface area contributed by atoms with Gasteiger partial charge in [0.1, 0.15) is 23.6 Å². The van der Waals surface area contributed by atoms with E-state index in [1.807, 2.05) is 12.3 Å². The number of aromatic nitrogens is 3. The Labute approximate surface area is 180 Å². The molecular weight excluding hydrogens is 395 g/mol. The van der Waals surface area contributed by atoms with Crippen molar-refractivity contribution < 1.29 is 9.18 Å². The number of halogens is 1. The minimum Gasteiger partial charge on any atom is -0.364 e. The van der Waals surface area contributed by atoms with Gasteiger partial charge in [-0.15, -0.1) is 0 Å². The highest BCUT2D eigenvalue weighted by Crippen LogP contribution is 2.41. The van der Waals surface area contributed by atoms with E-state index in [0.29, 0.717) is 17.6 Å². The van der Waals surface area contributed by atoms with Crippen LogP contribution in [0.2, 0.25) is 0 Å². The lowest BCUT2D eigenvalue weighted by Gasteiger charge is -2.43. The molecule has 2 atom stereocenters. The number of nitrogens with zero attached hydrogens (tertiary/aromatic N) is 2. The average molecular weight is 423 g/mol. The van der Waals surface area contributed by atoms with Crippen molar-refractivity contribution in [2.24, 2.45) is 5.92 Å². The number of carbonyl (C=O) groups is 1. The van der Waals surface area contributed by atoms with E-state index in [9.17, 15) is 9.18 Å². The molecule has 4 N–H and O–H groups in total. The summed E-state index contributed by atoms with van der Waals surface area (Å²) in [6.45, 7) is 0.826. The Kier molecular flexibility index (Phi) is 5.31. The molecule has 0 amide bonds. The fourth-order valence-electron chi connectivity index (χ4n) is 5.13. The lowest BCUT2D eigenvalue weighted by atomic mass is 9.71. The number of nitrogens with one attached hydrogen (secondary N) is 4. The van der Waals surface area contributed by atoms with Gasteiger partial charge in [-0.2, -0.15) is 9.97 Å². The molecule has 2 aliphatic rings. The summed E-state index contributed by atoms with van der Waals surface area (Å²) >= 11 is 0. The Morgan fingerprint density at radius 3 is 2.81 bits per heavy atom. The molecule has 0 bridgehead atoms. The van der Waals surface area contributed by atoms with Crippen molar-refractivity contribution in [3.8, 4) is 0 Å². The Hall–Kier alpha value is -3.00. The Morgan fingerprint density at radius 2 is 2.03 bits per heavy atom. The number of rotatable bonds is 6. The number of benzene rings is 1. The number of hydrogen-bond donors (Lipinski definition) is 4. The summed E-state index contributed by atoms with van der Waals surface area (Å²) in [6, 6.07) is 8.15. The second-order valence-corrected chi connectivity index (χ2v) is 8.70. The molecule has 3 aromatic rings. The minimum atomic E-state index is -0.316. The van der Waals surface area contributed by atoms with Crippen molar-refractivity contribution in [3.05, 3.63) is 42.3 Å². The third-order valence-corrected chi connectivity index (χ3v) is 6.72. The largest absolute Gasteiger partial charge is 0.364 e. The summed E-state index contributed by atoms with van der Waals surface area (Å²) in [5, 5.41) is 11.2. The van der Waals surface area contributed by atoms with E-state index in [0.717, 1.165) is 61.8 Å². The highest BCUT2D eigenvalue weighted by Gasteiger charge is 2.43. The molecule has 1 saturated carbocycles. The molecule has 1 saturated heterocycles. The molecule has 3 heterocycles. The van der Waals surface area contributed by atoms with Crippen LogP contribution >= 0.6 is 0 Å². The molecular formula is C23H27FN6O. The van der Waals surface area contributed by atoms with Gasteiger partial charge in [0.05, 0.1) is 11.4 Å². The molecule has 1 aromatic carbocycles. The van der Waals surface area contributed by atoms with Crippen LogP contribution in [0.15, 0.2) is 36.5 Å². The summed E-state index contributed by atoms with van der Waals surface area (Å²) in [4.78, 5) is 23.8. The maximum Gasteiger partial charge on any atom is 0.231 e. The highest BCUT2D eigenvalue weighted by molar-refractivity contribution is 5.88. The molecule has 0 spiro atoms. The monoisotopic (exact) mass is 422 g/mol. The van der Waals surface area contributed by atoms with Crippen molar-refractivity contribution >= 4 is 34.8 Å². The Morgan fingerprint density at radius 1 is 1.16 bits per heavy atom. The van der Waals surface area contributed by atoms with Gasteiger partial charge in [-0.25, -0.2) is 4.39 Å². The second-order valence-electron chi connectivity index (χ2n) is 8.70. The Bertz CT molecular complexity index is 1080. The van der Waals surface area contributed by atoms with Crippen molar-refractivity contribution in [3.63, 3.8) is 0 Å². The predicted molar refractivity (Wildman–Crippen MR) is 119 cm³/mol. The van der Waals surface area contributed by atoms with E-state index in [1.165, 1.54) is 18.6 Å². The second kappa shape index (κ2) is 8.26. The van der Waals surface area contributed by atoms with Crippen molar-refractivity contribution in [2.75, 3.05) is 17.2 Å². The fourth-order valence-corrected chi connectivity index (χ4v) is 5.13. The van der Waals surface area contributed by atoms with Crippen LogP contribution in [0.4, 0.5) is 21.8 Å². The molecule has 31 heavy (non-hydrogen) atoms. The maximum absolute atomic E-state index is 13.6. The fraction of sp³-hybridized carbons (Fsp3) is 0.435. The smallest absolute Gasteiger partial charge is 0.231 e. The first kappa shape index (κ1) is 19.9. The van der Waals surface area contributed by atoms with Gasteiger partial charge in [0.25, 0.3) is 0 Å². The van der Waals surface area contributed by atoms with Crippen LogP contribution in [-0.2, 0) is 4.79 Å². The van der Waals surface area contributed by atoms with Crippen molar-refractivity contribution in [1.29, 1.82) is 0 Å². The summed E-state index contributed by atoms with van der Waals surface area (Å²) in [5.41, 5.74) is 1.20. The molecule has 1 aliphatic carbocycles. The van der Waals surface area contributed by atoms with Crippen LogP contribution in [0, 0.1) is 11.7 Å². The first-order valence-corrected chi connectivity index (χ1v) is 11.0. The first-order valence-electron chi connectivity index (χ1n) is 11.0. The molecule has 162 valence electrons. The molecule has 2 aromatic heterocycles. The standard InChI is InChI=1S/C23H27FN6O/c24-16-5-4-6-17(12-16)27-22-28-20-19(7-10-25-20)21(29-22)30-23(8-2-1-3-9-23)15-11-18(14-31)26-13-15/h4-7,10,12,14-15,18,26H,1-3,8-9,11,13H2,(H3,25,27,28,29,30). The number of anilines is 3. The van der Waals surface area contributed by atoms with Crippen molar-refractivity contribution in [2.45, 2.75) is 50.1 Å². The lowest BCUT2D eigenvalue weighted by Crippen LogP contribution is -2.48. The molecule has 0 radical (unpaired) electrons. The summed E-state index contributed by atoms with van der Waals surface area (Å²) in [5.74, 6) is 1.21. The molecule has 1 aliphatic heterocycles. The first-order chi connectivity index (χ1) is 15.1. The van der Waals surface area contributed by atoms with Gasteiger partial charge < -0.3 is 25.7 Å². The van der Waals surface area contributed by atoms with Gasteiger partial charge in [-0.05, 0) is 49.4 Å². The van der Waals surface area contributed by atoms with Crippen LogP contribution in [0.25, 0.3) is 11.0 Å². The molecule has 8 heteroatoms. The zero-order valence-electron chi connectivity index (χ0n) is 17.3. The third-order valence-electron chi connectivity index (χ3n) is 6.72. The summed E-state index contributed by atoms with van der Waals surface area (Å²) in [7, 11) is 0. The molecule has 2 unspecified atom stereocenters. The molecule has 5 rings (SSSR count). The normalized spacial score (nSPS) is 23.0. The van der Waals surface area contributed by atoms with Gasteiger partial charge in [-0.1, -0.05) is 25.3 Å². The SMILES string of the molecule is O=CC1CC(C2(Nc3nc(Nc4cccc(F)c4)nc4[nH]ccc34)CCCCC2)CN1. The van der Waals surface area contributed by atoms with Gasteiger partial charge in [0.2, 0.25) is 5.95 Å². The van der Waals surface area contributed by atoms with Gasteiger partial charge >= 0.3 is 0 Å². The van der Waals surface area contributed by atoms with E-state index in [-0.39, 0.29) is 17.4 Å². The van der Waals surface area contributed by atoms with Crippen LogP contribution in [0.1, 0.15) is 38.5 Å². The van der Waals surface area contributed by atoms with Gasteiger partial charge in [-0.3, -0.25) is 0 Å². The van der Waals surface area contributed by atoms with Crippen LogP contribution in [-0.4, -0.2) is 39.4 Å². The zero-order valence-corrected chi connectivity index (χ0v) is 17.3. The molecule has 2 fully saturated rings. The van der Waals surface area contributed by atoms with Crippen LogP contribution < -0.4 is 16.0 Å². The van der Waals surface area contributed by atoms with E-state index < -0.39 is 0 Å². The average Bonchev–Trinajstić information content (AvgIpc) is 3.44. The summed E-state index contributed by atoms with van der Waals surface area (Å²) in [6.07, 6.45) is 9.36. The highest BCUT2D eigenvalue weighted by atomic mass is 19.1. The topological polar surface area (TPSA) is 94.7 Å². The van der Waals surface area contributed by atoms with Crippen LogP contribution in [0.3, 0.4) is 0 Å². The number of aldehydes is 1. The minimum absolute atomic E-state index is 0.0755. The van der Waals surface area contributed by atoms with E-state index in [2.05, 4.69) is 25.9 Å². The summed E-state index contributed by atoms with van der Waals surface area (Å²) < 4.78 is 13.6. The van der Waals surface area contributed by atoms with E-state index in [1.54, 1.807) is 12.1 Å². The predicted octanol–water partition coefficient (Wildman–Crippen LogP) is 4.13. The zero-order chi connectivity index (χ0) is 21.3. The van der Waals surface area contributed by atoms with E-state index in [4.69, 9.17) is 4.98 Å². The quantitative estimate of drug-likeness (QED) is 0.446. The maximum atomic E-state index is 13.6. The van der Waals surface area contributed by atoms with Crippen molar-refractivity contribution in [1.82, 2.24) is 20.3 Å². The Balaban J connectivity index is 1.49. The van der Waals surface area contributed by atoms with Gasteiger partial charge in [0.15, 0.2) is 0 Å². The number of aromatic amines is 1. The van der Waals surface area contributed by atoms with E-state index >= 15 is 0 Å². The number of hydrogen-bond acceptors (Lipinski definition) is 6. The number of carbonyl (C=O) groups excluding carboxylic acids is 1.